The maximum absolute atomic E-state index is 11.4. The third-order valence-corrected chi connectivity index (χ3v) is 3.70. The maximum Gasteiger partial charge on any atom is 0.243 e. The zero-order valence-electron chi connectivity index (χ0n) is 9.87. The van der Waals surface area contributed by atoms with Gasteiger partial charge in [0.2, 0.25) is 5.88 Å². The van der Waals surface area contributed by atoms with Crippen molar-refractivity contribution in [3.63, 3.8) is 0 Å². The van der Waals surface area contributed by atoms with Crippen molar-refractivity contribution in [1.29, 1.82) is 0 Å². The highest BCUT2D eigenvalue weighted by Crippen LogP contribution is 2.30. The molecule has 2 rings (SSSR count). The summed E-state index contributed by atoms with van der Waals surface area (Å²) in [5, 5.41) is 0.0762. The molecule has 8 heteroatoms. The molecule has 0 aliphatic carbocycles. The van der Waals surface area contributed by atoms with Crippen molar-refractivity contribution in [3.05, 3.63) is 35.6 Å². The van der Waals surface area contributed by atoms with E-state index in [1.54, 1.807) is 12.1 Å². The number of rotatable bonds is 3. The molecule has 2 aromatic rings. The van der Waals surface area contributed by atoms with Crippen molar-refractivity contribution in [2.45, 2.75) is 4.90 Å². The van der Waals surface area contributed by atoms with Gasteiger partial charge in [-0.25, -0.2) is 13.4 Å². The molecule has 0 saturated carbocycles. The Balaban J connectivity index is 2.37. The Morgan fingerprint density at radius 1 is 1.32 bits per heavy atom. The van der Waals surface area contributed by atoms with Crippen LogP contribution in [0.4, 0.5) is 5.82 Å². The van der Waals surface area contributed by atoms with E-state index in [0.29, 0.717) is 5.75 Å². The largest absolute Gasteiger partial charge is 0.437 e. The number of anilines is 1. The van der Waals surface area contributed by atoms with Gasteiger partial charge in [0.1, 0.15) is 22.9 Å². The van der Waals surface area contributed by atoms with E-state index in [0.717, 1.165) is 6.26 Å². The molecule has 0 spiro atoms. The monoisotopic (exact) mass is 299 g/mol. The second-order valence-corrected chi connectivity index (χ2v) is 6.12. The molecule has 0 amide bonds. The topological polar surface area (TPSA) is 95.2 Å². The van der Waals surface area contributed by atoms with Crippen LogP contribution in [-0.2, 0) is 9.84 Å². The highest BCUT2D eigenvalue weighted by Gasteiger charge is 2.11. The molecule has 1 heterocycles. The number of hydrogen-bond acceptors (Lipinski definition) is 6. The van der Waals surface area contributed by atoms with Crippen LogP contribution in [0.5, 0.6) is 11.6 Å². The van der Waals surface area contributed by atoms with Crippen molar-refractivity contribution in [1.82, 2.24) is 9.97 Å². The first-order valence-corrected chi connectivity index (χ1v) is 7.39. The van der Waals surface area contributed by atoms with E-state index in [2.05, 4.69) is 9.97 Å². The molecule has 0 atom stereocenters. The highest BCUT2D eigenvalue weighted by atomic mass is 35.5. The van der Waals surface area contributed by atoms with E-state index in [9.17, 15) is 8.42 Å². The van der Waals surface area contributed by atoms with Gasteiger partial charge in [-0.3, -0.25) is 0 Å². The highest BCUT2D eigenvalue weighted by molar-refractivity contribution is 7.90. The fourth-order valence-corrected chi connectivity index (χ4v) is 2.11. The van der Waals surface area contributed by atoms with Gasteiger partial charge in [-0.15, -0.1) is 0 Å². The first-order chi connectivity index (χ1) is 8.88. The molecule has 100 valence electrons. The number of sulfone groups is 1. The average molecular weight is 300 g/mol. The quantitative estimate of drug-likeness (QED) is 0.930. The Labute approximate surface area is 115 Å². The summed E-state index contributed by atoms with van der Waals surface area (Å²) in [6.07, 6.45) is 2.32. The predicted octanol–water partition coefficient (Wildman–Crippen LogP) is 1.91. The van der Waals surface area contributed by atoms with Gasteiger partial charge >= 0.3 is 0 Å². The van der Waals surface area contributed by atoms with Gasteiger partial charge in [-0.2, -0.15) is 4.98 Å². The smallest absolute Gasteiger partial charge is 0.243 e. The van der Waals surface area contributed by atoms with Crippen molar-refractivity contribution in [2.24, 2.45) is 0 Å². The summed E-state index contributed by atoms with van der Waals surface area (Å²) < 4.78 is 28.3. The number of aromatic nitrogens is 2. The predicted molar refractivity (Wildman–Crippen MR) is 71.1 cm³/mol. The molecule has 1 aromatic carbocycles. The van der Waals surface area contributed by atoms with Gasteiger partial charge < -0.3 is 10.5 Å². The molecule has 6 nitrogen and oxygen atoms in total. The van der Waals surface area contributed by atoms with Gasteiger partial charge in [0.05, 0.1) is 4.90 Å². The van der Waals surface area contributed by atoms with Crippen LogP contribution in [0, 0.1) is 0 Å². The molecule has 0 unspecified atom stereocenters. The summed E-state index contributed by atoms with van der Waals surface area (Å²) in [6.45, 7) is 0. The molecule has 19 heavy (non-hydrogen) atoms. The molecule has 0 radical (unpaired) electrons. The molecule has 0 aliphatic heterocycles. The summed E-state index contributed by atoms with van der Waals surface area (Å²) >= 11 is 5.88. The molecule has 0 fully saturated rings. The second kappa shape index (κ2) is 5.02. The lowest BCUT2D eigenvalue weighted by Crippen LogP contribution is -1.99. The molecule has 1 aromatic heterocycles. The summed E-state index contributed by atoms with van der Waals surface area (Å²) in [5.74, 6) is 0.452. The van der Waals surface area contributed by atoms with E-state index in [1.807, 2.05) is 0 Å². The summed E-state index contributed by atoms with van der Waals surface area (Å²) in [4.78, 5) is 7.67. The van der Waals surface area contributed by atoms with Crippen molar-refractivity contribution in [3.8, 4) is 11.6 Å². The number of benzene rings is 1. The number of halogens is 1. The fraction of sp³-hybridized carbons (Fsp3) is 0.0909. The van der Waals surface area contributed by atoms with Gasteiger partial charge in [-0.1, -0.05) is 17.7 Å². The Morgan fingerprint density at radius 3 is 2.74 bits per heavy atom. The fourth-order valence-electron chi connectivity index (χ4n) is 1.32. The van der Waals surface area contributed by atoms with Crippen LogP contribution in [0.2, 0.25) is 5.02 Å². The Hall–Kier alpha value is -1.86. The number of ether oxygens (including phenoxy) is 1. The lowest BCUT2D eigenvalue weighted by atomic mass is 10.3. The van der Waals surface area contributed by atoms with Crippen LogP contribution in [0.3, 0.4) is 0 Å². The summed E-state index contributed by atoms with van der Waals surface area (Å²) in [5.41, 5.74) is 5.51. The van der Waals surface area contributed by atoms with Crippen LogP contribution in [-0.4, -0.2) is 24.6 Å². The first kappa shape index (κ1) is 13.6. The number of nitrogens with two attached hydrogens (primary N) is 1. The molecule has 2 N–H and O–H groups in total. The SMILES string of the molecule is CS(=O)(=O)c1cccc(Oc2ncnc(N)c2Cl)c1. The van der Waals surface area contributed by atoms with E-state index < -0.39 is 9.84 Å². The minimum atomic E-state index is -3.31. The van der Waals surface area contributed by atoms with Crippen LogP contribution < -0.4 is 10.5 Å². The number of hydrogen-bond donors (Lipinski definition) is 1. The summed E-state index contributed by atoms with van der Waals surface area (Å²) in [7, 11) is -3.31. The van der Waals surface area contributed by atoms with E-state index in [-0.39, 0.29) is 21.6 Å². The zero-order chi connectivity index (χ0) is 14.0. The molecule has 0 saturated heterocycles. The molecular weight excluding hydrogens is 290 g/mol. The molecule has 0 bridgehead atoms. The molecule has 0 aliphatic rings. The number of nitrogen functional groups attached to an aromatic ring is 1. The second-order valence-electron chi connectivity index (χ2n) is 3.73. The zero-order valence-corrected chi connectivity index (χ0v) is 11.4. The minimum Gasteiger partial charge on any atom is -0.437 e. The lowest BCUT2D eigenvalue weighted by molar-refractivity contribution is 0.460. The summed E-state index contributed by atoms with van der Waals surface area (Å²) in [6, 6.07) is 6.00. The van der Waals surface area contributed by atoms with E-state index >= 15 is 0 Å². The number of nitrogens with zero attached hydrogens (tertiary/aromatic N) is 2. The Morgan fingerprint density at radius 2 is 2.05 bits per heavy atom. The van der Waals surface area contributed by atoms with Crippen LogP contribution >= 0.6 is 11.6 Å². The maximum atomic E-state index is 11.4. The van der Waals surface area contributed by atoms with Gasteiger partial charge in [0, 0.05) is 6.26 Å². The normalized spacial score (nSPS) is 11.3. The third-order valence-electron chi connectivity index (χ3n) is 2.23. The van der Waals surface area contributed by atoms with Crippen molar-refractivity contribution in [2.75, 3.05) is 12.0 Å². The van der Waals surface area contributed by atoms with Gasteiger partial charge in [0.25, 0.3) is 0 Å². The van der Waals surface area contributed by atoms with Crippen molar-refractivity contribution >= 4 is 27.3 Å². The molecular formula is C11H10ClN3O3S. The first-order valence-electron chi connectivity index (χ1n) is 5.12. The Bertz CT molecular complexity index is 719. The van der Waals surface area contributed by atoms with Crippen LogP contribution in [0.1, 0.15) is 0 Å². The Kier molecular flexibility index (Phi) is 3.59. The minimum absolute atomic E-state index is 0.0693. The van der Waals surface area contributed by atoms with Gasteiger partial charge in [0.15, 0.2) is 9.84 Å². The standard InChI is InChI=1S/C11H10ClN3O3S/c1-19(16,17)8-4-2-3-7(5-8)18-11-9(12)10(13)14-6-15-11/h2-6H,1H3,(H2,13,14,15). The van der Waals surface area contributed by atoms with Crippen LogP contribution in [0.25, 0.3) is 0 Å². The van der Waals surface area contributed by atoms with Crippen LogP contribution in [0.15, 0.2) is 35.5 Å². The van der Waals surface area contributed by atoms with E-state index in [1.165, 1.54) is 18.5 Å². The van der Waals surface area contributed by atoms with E-state index in [4.69, 9.17) is 22.1 Å². The third kappa shape index (κ3) is 3.12. The average Bonchev–Trinajstić information content (AvgIpc) is 2.34. The van der Waals surface area contributed by atoms with Crippen molar-refractivity contribution < 1.29 is 13.2 Å². The lowest BCUT2D eigenvalue weighted by Gasteiger charge is -2.08. The van der Waals surface area contributed by atoms with Gasteiger partial charge in [-0.05, 0) is 18.2 Å².